The Morgan fingerprint density at radius 3 is 2.41 bits per heavy atom. The predicted octanol–water partition coefficient (Wildman–Crippen LogP) is 8.14. The van der Waals surface area contributed by atoms with Crippen molar-refractivity contribution in [1.82, 2.24) is 9.88 Å². The van der Waals surface area contributed by atoms with Crippen LogP contribution in [0.2, 0.25) is 18.1 Å². The molecule has 0 saturated carbocycles. The Morgan fingerprint density at radius 1 is 1.05 bits per heavy atom. The third-order valence-electron chi connectivity index (χ3n) is 8.29. The summed E-state index contributed by atoms with van der Waals surface area (Å²) >= 11 is 0. The molecule has 1 aliphatic rings. The van der Waals surface area contributed by atoms with Gasteiger partial charge in [0.05, 0.1) is 24.8 Å². The molecule has 2 aromatic carbocycles. The van der Waals surface area contributed by atoms with Crippen molar-refractivity contribution in [3.8, 4) is 16.9 Å². The standard InChI is InChI=1S/C35H46N2O6Si/c1-34(2,3)42-33(40)37(23-31(28-13-10-18-36-21-28)43-44(7,8)35(4,5)6)22-29-16-14-26-19-25(15-17-30(26)41-29)24-11-9-12-27(20-24)32(38)39/h9-13,15,17-21,29,31H,14,16,22-23H2,1-8H3,(H,38,39)/t29-,31-/m1/s1. The smallest absolute Gasteiger partial charge is 0.410 e. The molecule has 0 unspecified atom stereocenters. The second kappa shape index (κ2) is 13.1. The van der Waals surface area contributed by atoms with Gasteiger partial charge in [-0.2, -0.15) is 0 Å². The molecule has 236 valence electrons. The highest BCUT2D eigenvalue weighted by atomic mass is 28.4. The molecular weight excluding hydrogens is 572 g/mol. The van der Waals surface area contributed by atoms with E-state index in [0.717, 1.165) is 34.4 Å². The summed E-state index contributed by atoms with van der Waals surface area (Å²) in [5.41, 5.74) is 3.34. The highest BCUT2D eigenvalue weighted by Crippen LogP contribution is 2.40. The number of aryl methyl sites for hydroxylation is 1. The van der Waals surface area contributed by atoms with Gasteiger partial charge in [0.25, 0.3) is 0 Å². The van der Waals surface area contributed by atoms with Gasteiger partial charge in [-0.3, -0.25) is 4.98 Å². The molecule has 0 spiro atoms. The molecule has 1 amide bonds. The number of amides is 1. The summed E-state index contributed by atoms with van der Waals surface area (Å²) in [6, 6.07) is 16.7. The van der Waals surface area contributed by atoms with Crippen molar-refractivity contribution >= 4 is 20.4 Å². The van der Waals surface area contributed by atoms with Gasteiger partial charge in [-0.15, -0.1) is 0 Å². The number of aromatic carboxylic acids is 1. The number of carbonyl (C=O) groups is 2. The predicted molar refractivity (Wildman–Crippen MR) is 175 cm³/mol. The van der Waals surface area contributed by atoms with Crippen molar-refractivity contribution in [2.45, 2.75) is 90.3 Å². The summed E-state index contributed by atoms with van der Waals surface area (Å²) < 4.78 is 19.2. The van der Waals surface area contributed by atoms with Gasteiger partial charge < -0.3 is 23.9 Å². The third-order valence-corrected chi connectivity index (χ3v) is 12.8. The van der Waals surface area contributed by atoms with Gasteiger partial charge in [0.2, 0.25) is 0 Å². The van der Waals surface area contributed by atoms with Gasteiger partial charge in [0.15, 0.2) is 8.32 Å². The van der Waals surface area contributed by atoms with Crippen molar-refractivity contribution in [2.75, 3.05) is 13.1 Å². The molecule has 0 radical (unpaired) electrons. The van der Waals surface area contributed by atoms with Crippen LogP contribution < -0.4 is 4.74 Å². The average molecular weight is 619 g/mol. The molecule has 0 bridgehead atoms. The Bertz CT molecular complexity index is 1460. The molecule has 0 aliphatic carbocycles. The average Bonchev–Trinajstić information content (AvgIpc) is 2.95. The third kappa shape index (κ3) is 8.48. The van der Waals surface area contributed by atoms with E-state index >= 15 is 0 Å². The van der Waals surface area contributed by atoms with E-state index in [-0.39, 0.29) is 22.8 Å². The minimum absolute atomic E-state index is 0.0196. The first-order valence-electron chi connectivity index (χ1n) is 15.2. The maximum Gasteiger partial charge on any atom is 0.410 e. The zero-order chi connectivity index (χ0) is 32.3. The zero-order valence-electron chi connectivity index (χ0n) is 27.2. The highest BCUT2D eigenvalue weighted by molar-refractivity contribution is 6.74. The molecule has 2 heterocycles. The Kier molecular flexibility index (Phi) is 9.90. The number of carbonyl (C=O) groups excluding carboxylic acids is 1. The largest absolute Gasteiger partial charge is 0.488 e. The van der Waals surface area contributed by atoms with Crippen LogP contribution in [-0.2, 0) is 15.6 Å². The Labute approximate surface area is 262 Å². The van der Waals surface area contributed by atoms with E-state index in [4.69, 9.17) is 13.9 Å². The van der Waals surface area contributed by atoms with E-state index in [1.165, 1.54) is 0 Å². The van der Waals surface area contributed by atoms with Gasteiger partial charge >= 0.3 is 12.1 Å². The van der Waals surface area contributed by atoms with Crippen LogP contribution in [0.1, 0.15) is 75.6 Å². The Hall–Kier alpha value is -3.69. The second-order valence-electron chi connectivity index (χ2n) is 14.0. The molecule has 1 aromatic heterocycles. The quantitative estimate of drug-likeness (QED) is 0.242. The van der Waals surface area contributed by atoms with Crippen LogP contribution in [-0.4, -0.2) is 60.2 Å². The number of fused-ring (bicyclic) bond motifs is 1. The topological polar surface area (TPSA) is 98.2 Å². The summed E-state index contributed by atoms with van der Waals surface area (Å²) in [5, 5.41) is 9.38. The van der Waals surface area contributed by atoms with Crippen LogP contribution in [0.25, 0.3) is 11.1 Å². The SMILES string of the molecule is CC(C)(C)OC(=O)N(C[C@H]1CCc2cc(-c3cccc(C(=O)O)c3)ccc2O1)C[C@@H](O[Si](C)(C)C(C)(C)C)c1cccnc1. The zero-order valence-corrected chi connectivity index (χ0v) is 28.2. The van der Waals surface area contributed by atoms with E-state index in [9.17, 15) is 14.7 Å². The van der Waals surface area contributed by atoms with Gasteiger partial charge in [-0.05, 0) is 104 Å². The van der Waals surface area contributed by atoms with Crippen LogP contribution in [0, 0.1) is 0 Å². The number of carboxylic acids is 1. The summed E-state index contributed by atoms with van der Waals surface area (Å²) in [5.74, 6) is -0.184. The number of ether oxygens (including phenoxy) is 2. The lowest BCUT2D eigenvalue weighted by Crippen LogP contribution is -2.48. The highest BCUT2D eigenvalue weighted by Gasteiger charge is 2.41. The molecule has 3 aromatic rings. The molecule has 0 fully saturated rings. The van der Waals surface area contributed by atoms with Crippen LogP contribution in [0.3, 0.4) is 0 Å². The van der Waals surface area contributed by atoms with Crippen molar-refractivity contribution in [2.24, 2.45) is 0 Å². The number of benzene rings is 2. The Morgan fingerprint density at radius 2 is 1.77 bits per heavy atom. The van der Waals surface area contributed by atoms with Crippen LogP contribution in [0.15, 0.2) is 67.0 Å². The van der Waals surface area contributed by atoms with Crippen molar-refractivity contribution in [3.05, 3.63) is 83.7 Å². The summed E-state index contributed by atoms with van der Waals surface area (Å²) in [6.07, 6.45) is 4.00. The van der Waals surface area contributed by atoms with Gasteiger partial charge in [-0.1, -0.05) is 45.0 Å². The lowest BCUT2D eigenvalue weighted by molar-refractivity contribution is 0.00490. The van der Waals surface area contributed by atoms with E-state index in [2.05, 4.69) is 44.9 Å². The summed E-state index contributed by atoms with van der Waals surface area (Å²) in [4.78, 5) is 31.1. The van der Waals surface area contributed by atoms with Crippen LogP contribution in [0.4, 0.5) is 4.79 Å². The van der Waals surface area contributed by atoms with E-state index in [0.29, 0.717) is 19.5 Å². The Balaban J connectivity index is 1.57. The lowest BCUT2D eigenvalue weighted by atomic mass is 9.96. The number of hydrogen-bond donors (Lipinski definition) is 1. The molecule has 1 N–H and O–H groups in total. The summed E-state index contributed by atoms with van der Waals surface area (Å²) in [6.45, 7) is 17.3. The number of pyridine rings is 1. The fourth-order valence-corrected chi connectivity index (χ4v) is 6.17. The molecular formula is C35H46N2O6Si. The number of hydrogen-bond acceptors (Lipinski definition) is 6. The van der Waals surface area contributed by atoms with Crippen molar-refractivity contribution in [3.63, 3.8) is 0 Å². The number of nitrogens with zero attached hydrogens (tertiary/aromatic N) is 2. The molecule has 8 nitrogen and oxygen atoms in total. The fraction of sp³-hybridized carbons (Fsp3) is 0.457. The summed E-state index contributed by atoms with van der Waals surface area (Å²) in [7, 11) is -2.21. The monoisotopic (exact) mass is 618 g/mol. The van der Waals surface area contributed by atoms with Crippen molar-refractivity contribution < 1.29 is 28.6 Å². The first-order chi connectivity index (χ1) is 20.5. The van der Waals surface area contributed by atoms with Gasteiger partial charge in [-0.25, -0.2) is 9.59 Å². The molecule has 1 aliphatic heterocycles. The lowest BCUT2D eigenvalue weighted by Gasteiger charge is -2.41. The van der Waals surface area contributed by atoms with Crippen LogP contribution >= 0.6 is 0 Å². The minimum atomic E-state index is -2.21. The van der Waals surface area contributed by atoms with Gasteiger partial charge in [0, 0.05) is 12.4 Å². The van der Waals surface area contributed by atoms with E-state index in [1.54, 1.807) is 29.3 Å². The fourth-order valence-electron chi connectivity index (χ4n) is 4.89. The number of aromatic nitrogens is 1. The van der Waals surface area contributed by atoms with Gasteiger partial charge in [0.1, 0.15) is 17.5 Å². The molecule has 4 rings (SSSR count). The molecule has 44 heavy (non-hydrogen) atoms. The minimum Gasteiger partial charge on any atom is -0.488 e. The maximum atomic E-state index is 13.6. The first-order valence-corrected chi connectivity index (χ1v) is 18.1. The first kappa shape index (κ1) is 33.2. The van der Waals surface area contributed by atoms with E-state index < -0.39 is 26.0 Å². The normalized spacial score (nSPS) is 16.0. The number of carboxylic acid groups (broad SMARTS) is 1. The second-order valence-corrected chi connectivity index (χ2v) is 18.8. The molecule has 9 heteroatoms. The van der Waals surface area contributed by atoms with Crippen molar-refractivity contribution in [1.29, 1.82) is 0 Å². The maximum absolute atomic E-state index is 13.6. The molecule has 2 atom stereocenters. The molecule has 0 saturated heterocycles. The van der Waals surface area contributed by atoms with E-state index in [1.807, 2.05) is 57.3 Å². The number of rotatable bonds is 9. The van der Waals surface area contributed by atoms with Crippen LogP contribution in [0.5, 0.6) is 5.75 Å².